The summed E-state index contributed by atoms with van der Waals surface area (Å²) in [7, 11) is -2.38. The zero-order chi connectivity index (χ0) is 23.7. The second-order valence-corrected chi connectivity index (χ2v) is 9.01. The highest BCUT2D eigenvalue weighted by Crippen LogP contribution is 2.18. The number of hydrogen-bond acceptors (Lipinski definition) is 5. The van der Waals surface area contributed by atoms with Crippen molar-refractivity contribution in [2.24, 2.45) is 0 Å². The number of carbonyl (C=O) groups excluding carboxylic acids is 1. The third-order valence-corrected chi connectivity index (χ3v) is 6.47. The van der Waals surface area contributed by atoms with Crippen LogP contribution in [-0.4, -0.2) is 34.1 Å². The van der Waals surface area contributed by atoms with Crippen molar-refractivity contribution in [3.05, 3.63) is 90.0 Å². The van der Waals surface area contributed by atoms with Crippen molar-refractivity contribution < 1.29 is 22.7 Å². The number of ether oxygens (including phenoxy) is 2. The molecule has 3 rings (SSSR count). The molecule has 1 unspecified atom stereocenters. The summed E-state index contributed by atoms with van der Waals surface area (Å²) in [6, 6.07) is 21.7. The van der Waals surface area contributed by atoms with E-state index >= 15 is 0 Å². The van der Waals surface area contributed by atoms with Gasteiger partial charge in [-0.25, -0.2) is 8.42 Å². The molecular weight excluding hydrogens is 440 g/mol. The van der Waals surface area contributed by atoms with E-state index in [1.165, 1.54) is 12.1 Å². The number of amides is 1. The Morgan fingerprint density at radius 1 is 0.939 bits per heavy atom. The number of carbonyl (C=O) groups is 1. The first-order valence-corrected chi connectivity index (χ1v) is 12.1. The number of rotatable bonds is 11. The van der Waals surface area contributed by atoms with E-state index in [0.717, 1.165) is 11.1 Å². The average Bonchev–Trinajstić information content (AvgIpc) is 2.83. The molecule has 1 atom stereocenters. The molecule has 0 fully saturated rings. The SMILES string of the molecule is CCOc1ccc(S(=O)(=O)NC(Cc2ccccc2)C(=O)NCc2ccccc2OC)cc1. The Morgan fingerprint density at radius 2 is 1.61 bits per heavy atom. The molecule has 0 aliphatic carbocycles. The van der Waals surface area contributed by atoms with Crippen molar-refractivity contribution in [3.63, 3.8) is 0 Å². The van der Waals surface area contributed by atoms with Gasteiger partial charge in [-0.05, 0) is 49.2 Å². The predicted octanol–water partition coefficient (Wildman–Crippen LogP) is 3.30. The van der Waals surface area contributed by atoms with Crippen LogP contribution in [-0.2, 0) is 27.8 Å². The Hall–Kier alpha value is -3.36. The van der Waals surface area contributed by atoms with Crippen molar-refractivity contribution in [2.75, 3.05) is 13.7 Å². The topological polar surface area (TPSA) is 93.7 Å². The number of hydrogen-bond donors (Lipinski definition) is 2. The lowest BCUT2D eigenvalue weighted by Gasteiger charge is -2.19. The van der Waals surface area contributed by atoms with E-state index in [4.69, 9.17) is 9.47 Å². The van der Waals surface area contributed by atoms with Gasteiger partial charge in [0.15, 0.2) is 0 Å². The molecule has 0 saturated carbocycles. The van der Waals surface area contributed by atoms with Crippen molar-refractivity contribution >= 4 is 15.9 Å². The lowest BCUT2D eigenvalue weighted by Crippen LogP contribution is -2.47. The maximum atomic E-state index is 13.1. The largest absolute Gasteiger partial charge is 0.496 e. The molecule has 0 bridgehead atoms. The molecule has 1 amide bonds. The Labute approximate surface area is 194 Å². The van der Waals surface area contributed by atoms with E-state index in [0.29, 0.717) is 18.1 Å². The van der Waals surface area contributed by atoms with Gasteiger partial charge in [0.2, 0.25) is 15.9 Å². The molecule has 2 N–H and O–H groups in total. The fourth-order valence-electron chi connectivity index (χ4n) is 3.33. The van der Waals surface area contributed by atoms with Crippen molar-refractivity contribution in [3.8, 4) is 11.5 Å². The maximum absolute atomic E-state index is 13.1. The van der Waals surface area contributed by atoms with Gasteiger partial charge in [0.1, 0.15) is 17.5 Å². The minimum atomic E-state index is -3.94. The highest BCUT2D eigenvalue weighted by molar-refractivity contribution is 7.89. The number of methoxy groups -OCH3 is 1. The van der Waals surface area contributed by atoms with Crippen LogP contribution < -0.4 is 19.5 Å². The maximum Gasteiger partial charge on any atom is 0.241 e. The Bertz CT molecular complexity index is 1150. The van der Waals surface area contributed by atoms with Crippen LogP contribution in [0.2, 0.25) is 0 Å². The second kappa shape index (κ2) is 11.5. The van der Waals surface area contributed by atoms with Crippen LogP contribution in [0.1, 0.15) is 18.1 Å². The van der Waals surface area contributed by atoms with Crippen molar-refractivity contribution in [1.82, 2.24) is 10.0 Å². The number of sulfonamides is 1. The molecular formula is C25H28N2O5S. The zero-order valence-electron chi connectivity index (χ0n) is 18.7. The smallest absolute Gasteiger partial charge is 0.241 e. The van der Waals surface area contributed by atoms with Crippen LogP contribution in [0.5, 0.6) is 11.5 Å². The lowest BCUT2D eigenvalue weighted by atomic mass is 10.1. The highest BCUT2D eigenvalue weighted by Gasteiger charge is 2.26. The van der Waals surface area contributed by atoms with E-state index in [-0.39, 0.29) is 17.9 Å². The minimum Gasteiger partial charge on any atom is -0.496 e. The van der Waals surface area contributed by atoms with E-state index in [2.05, 4.69) is 10.0 Å². The minimum absolute atomic E-state index is 0.0570. The Kier molecular flexibility index (Phi) is 8.46. The summed E-state index contributed by atoms with van der Waals surface area (Å²) < 4.78 is 39.3. The molecule has 3 aromatic rings. The van der Waals surface area contributed by atoms with Crippen LogP contribution in [0.25, 0.3) is 0 Å². The molecule has 3 aromatic carbocycles. The van der Waals surface area contributed by atoms with Crippen LogP contribution in [0.4, 0.5) is 0 Å². The van der Waals surface area contributed by atoms with Gasteiger partial charge in [-0.2, -0.15) is 4.72 Å². The lowest BCUT2D eigenvalue weighted by molar-refractivity contribution is -0.122. The summed E-state index contributed by atoms with van der Waals surface area (Å²) in [5.74, 6) is 0.790. The van der Waals surface area contributed by atoms with Gasteiger partial charge in [-0.1, -0.05) is 48.5 Å². The van der Waals surface area contributed by atoms with E-state index < -0.39 is 22.0 Å². The third-order valence-electron chi connectivity index (χ3n) is 4.99. The Balaban J connectivity index is 1.79. The summed E-state index contributed by atoms with van der Waals surface area (Å²) in [6.45, 7) is 2.54. The molecule has 8 heteroatoms. The molecule has 0 radical (unpaired) electrons. The van der Waals surface area contributed by atoms with Gasteiger partial charge in [-0.3, -0.25) is 4.79 Å². The predicted molar refractivity (Wildman–Crippen MR) is 127 cm³/mol. The second-order valence-electron chi connectivity index (χ2n) is 7.30. The van der Waals surface area contributed by atoms with Gasteiger partial charge >= 0.3 is 0 Å². The number of para-hydroxylation sites is 1. The van der Waals surface area contributed by atoms with Crippen LogP contribution in [0.15, 0.2) is 83.8 Å². The third kappa shape index (κ3) is 6.81. The molecule has 0 saturated heterocycles. The highest BCUT2D eigenvalue weighted by atomic mass is 32.2. The molecule has 0 aliphatic heterocycles. The summed E-state index contributed by atoms with van der Waals surface area (Å²) in [4.78, 5) is 13.1. The fourth-order valence-corrected chi connectivity index (χ4v) is 4.52. The molecule has 0 aliphatic rings. The van der Waals surface area contributed by atoms with Crippen LogP contribution >= 0.6 is 0 Å². The molecule has 0 heterocycles. The first-order valence-electron chi connectivity index (χ1n) is 10.6. The standard InChI is InChI=1S/C25H28N2O5S/c1-3-32-21-13-15-22(16-14-21)33(29,30)27-23(17-19-9-5-4-6-10-19)25(28)26-18-20-11-7-8-12-24(20)31-2/h4-16,23,27H,3,17-18H2,1-2H3,(H,26,28). The van der Waals surface area contributed by atoms with Gasteiger partial charge in [-0.15, -0.1) is 0 Å². The first-order chi connectivity index (χ1) is 15.9. The first kappa shape index (κ1) is 24.3. The van der Waals surface area contributed by atoms with Crippen LogP contribution in [0.3, 0.4) is 0 Å². The summed E-state index contributed by atoms with van der Waals surface area (Å²) in [6.07, 6.45) is 0.203. The zero-order valence-corrected chi connectivity index (χ0v) is 19.5. The van der Waals surface area contributed by atoms with E-state index in [9.17, 15) is 13.2 Å². The Morgan fingerprint density at radius 3 is 2.27 bits per heavy atom. The van der Waals surface area contributed by atoms with Crippen molar-refractivity contribution in [1.29, 1.82) is 0 Å². The summed E-state index contributed by atoms with van der Waals surface area (Å²) in [5.41, 5.74) is 1.63. The van der Waals surface area contributed by atoms with Crippen molar-refractivity contribution in [2.45, 2.75) is 30.8 Å². The van der Waals surface area contributed by atoms with Gasteiger partial charge < -0.3 is 14.8 Å². The van der Waals surface area contributed by atoms with Gasteiger partial charge in [0.25, 0.3) is 0 Å². The molecule has 0 spiro atoms. The molecule has 33 heavy (non-hydrogen) atoms. The van der Waals surface area contributed by atoms with Gasteiger partial charge in [0.05, 0.1) is 18.6 Å². The normalized spacial score (nSPS) is 12.1. The van der Waals surface area contributed by atoms with Gasteiger partial charge in [0, 0.05) is 12.1 Å². The summed E-state index contributed by atoms with van der Waals surface area (Å²) in [5, 5.41) is 2.83. The number of nitrogens with one attached hydrogen (secondary N) is 2. The van der Waals surface area contributed by atoms with E-state index in [1.54, 1.807) is 25.3 Å². The number of benzene rings is 3. The molecule has 7 nitrogen and oxygen atoms in total. The van der Waals surface area contributed by atoms with E-state index in [1.807, 2.05) is 55.5 Å². The average molecular weight is 469 g/mol. The molecule has 174 valence electrons. The monoisotopic (exact) mass is 468 g/mol. The summed E-state index contributed by atoms with van der Waals surface area (Å²) >= 11 is 0. The molecule has 0 aromatic heterocycles. The quantitative estimate of drug-likeness (QED) is 0.450. The van der Waals surface area contributed by atoms with Crippen LogP contribution in [0, 0.1) is 0 Å². The fraction of sp³-hybridized carbons (Fsp3) is 0.240.